The topological polar surface area (TPSA) is 32.8 Å². The number of carbonyl (C=O) groups excluding carboxylic acids is 1. The molecule has 0 bridgehead atoms. The Morgan fingerprint density at radius 2 is 1.02 bits per heavy atom. The van der Waals surface area contributed by atoms with Gasteiger partial charge in [0.2, 0.25) is 0 Å². The van der Waals surface area contributed by atoms with Crippen molar-refractivity contribution in [3.05, 3.63) is 48.6 Å². The molecule has 1 fully saturated rings. The van der Waals surface area contributed by atoms with E-state index in [1.54, 1.807) is 0 Å². The Balaban J connectivity index is 2.18. The number of ether oxygens (including phenoxy) is 1. The zero-order valence-electron chi connectivity index (χ0n) is 32.3. The second-order valence-corrected chi connectivity index (χ2v) is 14.3. The van der Waals surface area contributed by atoms with Gasteiger partial charge in [0.1, 0.15) is 0 Å². The highest BCUT2D eigenvalue weighted by molar-refractivity contribution is 5.67. The number of likely N-dealkylation sites (tertiary alicyclic amines) is 1. The molecule has 48 heavy (non-hydrogen) atoms. The number of amides is 1. The van der Waals surface area contributed by atoms with Crippen LogP contribution in [-0.2, 0) is 4.74 Å². The van der Waals surface area contributed by atoms with Crippen LogP contribution in [0.2, 0.25) is 0 Å². The lowest BCUT2D eigenvalue weighted by molar-refractivity contribution is 0.0930. The van der Waals surface area contributed by atoms with Crippen molar-refractivity contribution >= 4 is 6.09 Å². The van der Waals surface area contributed by atoms with Crippen LogP contribution in [0.25, 0.3) is 0 Å². The molecule has 1 atom stereocenters. The highest BCUT2D eigenvalue weighted by atomic mass is 16.6. The Labute approximate surface area is 299 Å². The molecule has 1 rings (SSSR count). The van der Waals surface area contributed by atoms with E-state index in [-0.39, 0.29) is 6.09 Å². The Kier molecular flexibility index (Phi) is 32.3. The summed E-state index contributed by atoms with van der Waals surface area (Å²) in [5, 5.41) is 0. The van der Waals surface area contributed by atoms with Gasteiger partial charge >= 0.3 is 6.09 Å². The number of hydrogen-bond donors (Lipinski definition) is 0. The Morgan fingerprint density at radius 1 is 0.604 bits per heavy atom. The van der Waals surface area contributed by atoms with Gasteiger partial charge < -0.3 is 14.5 Å². The van der Waals surface area contributed by atoms with Gasteiger partial charge in [0.25, 0.3) is 0 Å². The summed E-state index contributed by atoms with van der Waals surface area (Å²) in [6, 6.07) is 0.576. The zero-order valence-corrected chi connectivity index (χ0v) is 32.3. The van der Waals surface area contributed by atoms with Gasteiger partial charge in [-0.05, 0) is 110 Å². The van der Waals surface area contributed by atoms with Crippen LogP contribution in [0.4, 0.5) is 4.79 Å². The van der Waals surface area contributed by atoms with E-state index in [2.05, 4.69) is 74.4 Å². The summed E-state index contributed by atoms with van der Waals surface area (Å²) >= 11 is 0. The number of rotatable bonds is 33. The molecular formula is C44H80N2O2. The average Bonchev–Trinajstić information content (AvgIpc) is 3.50. The maximum Gasteiger partial charge on any atom is 0.409 e. The number of nitrogens with zero attached hydrogens (tertiary/aromatic N) is 2. The van der Waals surface area contributed by atoms with Gasteiger partial charge in [-0.3, -0.25) is 0 Å². The van der Waals surface area contributed by atoms with Crippen molar-refractivity contribution in [3.8, 4) is 0 Å². The second kappa shape index (κ2) is 35.0. The fourth-order valence-corrected chi connectivity index (χ4v) is 6.59. The van der Waals surface area contributed by atoms with Gasteiger partial charge in [0, 0.05) is 19.1 Å². The summed E-state index contributed by atoms with van der Waals surface area (Å²) in [4.78, 5) is 17.5. The van der Waals surface area contributed by atoms with Gasteiger partial charge in [-0.2, -0.15) is 0 Å². The maximum atomic E-state index is 13.1. The molecule has 0 aliphatic carbocycles. The van der Waals surface area contributed by atoms with Gasteiger partial charge in [-0.1, -0.05) is 140 Å². The Morgan fingerprint density at radius 3 is 1.44 bits per heavy atom. The number of hydrogen-bond acceptors (Lipinski definition) is 3. The molecule has 278 valence electrons. The van der Waals surface area contributed by atoms with Gasteiger partial charge in [-0.25, -0.2) is 4.79 Å². The van der Waals surface area contributed by atoms with E-state index in [1.807, 2.05) is 4.90 Å². The Hall–Kier alpha value is -1.81. The summed E-state index contributed by atoms with van der Waals surface area (Å²) in [5.74, 6) is 0. The third kappa shape index (κ3) is 28.1. The minimum atomic E-state index is -0.0826. The van der Waals surface area contributed by atoms with Crippen LogP contribution in [0, 0.1) is 0 Å². The van der Waals surface area contributed by atoms with Crippen LogP contribution in [0.1, 0.15) is 187 Å². The molecule has 1 heterocycles. The van der Waals surface area contributed by atoms with Gasteiger partial charge in [0.15, 0.2) is 0 Å². The van der Waals surface area contributed by atoms with Crippen molar-refractivity contribution in [2.45, 2.75) is 193 Å². The molecule has 4 heteroatoms. The van der Waals surface area contributed by atoms with Crippen molar-refractivity contribution in [2.24, 2.45) is 0 Å². The van der Waals surface area contributed by atoms with E-state index in [9.17, 15) is 4.79 Å². The van der Waals surface area contributed by atoms with Crippen LogP contribution in [0.15, 0.2) is 48.6 Å². The molecule has 0 aromatic heterocycles. The smallest absolute Gasteiger partial charge is 0.409 e. The molecular weight excluding hydrogens is 588 g/mol. The van der Waals surface area contributed by atoms with Crippen LogP contribution in [0.3, 0.4) is 0 Å². The van der Waals surface area contributed by atoms with Crippen LogP contribution in [0.5, 0.6) is 0 Å². The third-order valence-corrected chi connectivity index (χ3v) is 9.86. The lowest BCUT2D eigenvalue weighted by atomic mass is 10.1. The first kappa shape index (κ1) is 44.2. The van der Waals surface area contributed by atoms with Crippen molar-refractivity contribution in [2.75, 3.05) is 33.3 Å². The standard InChI is InChI=1S/C44H80N2O2/c1-4-6-8-10-12-14-16-18-20-22-24-26-28-30-32-34-40-46(44(47)48-42-38-43-37-36-39-45(43)3)41-35-33-31-29-27-25-23-21-19-17-15-13-11-9-7-5-2/h12-15,18-21,43H,4-11,16-17,22-42H2,1-3H3. The van der Waals surface area contributed by atoms with E-state index in [0.717, 1.165) is 45.2 Å². The summed E-state index contributed by atoms with van der Waals surface area (Å²) in [6.45, 7) is 7.94. The molecule has 0 aromatic rings. The van der Waals surface area contributed by atoms with E-state index in [1.165, 1.54) is 148 Å². The summed E-state index contributed by atoms with van der Waals surface area (Å²) in [6.07, 6.45) is 52.0. The van der Waals surface area contributed by atoms with Crippen molar-refractivity contribution in [1.82, 2.24) is 9.80 Å². The highest BCUT2D eigenvalue weighted by Crippen LogP contribution is 2.18. The largest absolute Gasteiger partial charge is 0.449 e. The van der Waals surface area contributed by atoms with Crippen molar-refractivity contribution in [1.29, 1.82) is 0 Å². The molecule has 1 aliphatic heterocycles. The second-order valence-electron chi connectivity index (χ2n) is 14.3. The number of unbranched alkanes of at least 4 members (excludes halogenated alkanes) is 18. The molecule has 0 N–H and O–H groups in total. The zero-order chi connectivity index (χ0) is 34.6. The lowest BCUT2D eigenvalue weighted by Crippen LogP contribution is -2.34. The van der Waals surface area contributed by atoms with E-state index in [0.29, 0.717) is 12.6 Å². The molecule has 1 amide bonds. The lowest BCUT2D eigenvalue weighted by Gasteiger charge is -2.24. The molecule has 1 saturated heterocycles. The molecule has 1 unspecified atom stereocenters. The fourth-order valence-electron chi connectivity index (χ4n) is 6.59. The fraction of sp³-hybridized carbons (Fsp3) is 0.795. The summed E-state index contributed by atoms with van der Waals surface area (Å²) < 4.78 is 5.81. The molecule has 0 spiro atoms. The minimum absolute atomic E-state index is 0.0826. The first-order chi connectivity index (χ1) is 23.7. The normalized spacial score (nSPS) is 15.7. The minimum Gasteiger partial charge on any atom is -0.449 e. The number of allylic oxidation sites excluding steroid dienone is 8. The molecule has 0 saturated carbocycles. The van der Waals surface area contributed by atoms with E-state index in [4.69, 9.17) is 4.74 Å². The quantitative estimate of drug-likeness (QED) is 0.0515. The van der Waals surface area contributed by atoms with E-state index >= 15 is 0 Å². The predicted octanol–water partition coefficient (Wildman–Crippen LogP) is 13.5. The van der Waals surface area contributed by atoms with Crippen LogP contribution >= 0.6 is 0 Å². The van der Waals surface area contributed by atoms with Gasteiger partial charge in [-0.15, -0.1) is 0 Å². The Bertz CT molecular complexity index is 769. The van der Waals surface area contributed by atoms with Crippen molar-refractivity contribution in [3.63, 3.8) is 0 Å². The molecule has 1 aliphatic rings. The highest BCUT2D eigenvalue weighted by Gasteiger charge is 2.21. The van der Waals surface area contributed by atoms with E-state index < -0.39 is 0 Å². The van der Waals surface area contributed by atoms with Crippen LogP contribution < -0.4 is 0 Å². The van der Waals surface area contributed by atoms with Crippen molar-refractivity contribution < 1.29 is 9.53 Å². The maximum absolute atomic E-state index is 13.1. The van der Waals surface area contributed by atoms with Gasteiger partial charge in [0.05, 0.1) is 6.61 Å². The molecule has 0 radical (unpaired) electrons. The third-order valence-electron chi connectivity index (χ3n) is 9.86. The monoisotopic (exact) mass is 669 g/mol. The number of carbonyl (C=O) groups is 1. The SMILES string of the molecule is CCCCCC=CCC=CCCCCCCCCN(CCCCCCCCC=CCC=CCCCCC)C(=O)OCCC1CCCN1C. The van der Waals surface area contributed by atoms with Crippen LogP contribution in [-0.4, -0.2) is 55.2 Å². The first-order valence-corrected chi connectivity index (χ1v) is 20.9. The predicted molar refractivity (Wildman–Crippen MR) is 212 cm³/mol. The molecule has 0 aromatic carbocycles. The first-order valence-electron chi connectivity index (χ1n) is 20.9. The average molecular weight is 669 g/mol. The summed E-state index contributed by atoms with van der Waals surface area (Å²) in [5.41, 5.74) is 0. The summed E-state index contributed by atoms with van der Waals surface area (Å²) in [7, 11) is 2.20. The molecule has 4 nitrogen and oxygen atoms in total.